The van der Waals surface area contributed by atoms with Gasteiger partial charge in [-0.15, -0.1) is 0 Å². The summed E-state index contributed by atoms with van der Waals surface area (Å²) in [6.07, 6.45) is 3.59. The molecule has 0 aliphatic carbocycles. The number of morpholine rings is 1. The molecule has 0 radical (unpaired) electrons. The maximum atomic E-state index is 13.1. The standard InChI is InChI=1S/C19H21N3O3S/c1-14-11-22(12-15(2)25-14)26(23,24)17-7-5-6-16(10-17)18-13-21-9-4-3-8-19(21)20-18/h3-10,13-15H,11-12H2,1-2H3/t14-,15+. The van der Waals surface area contributed by atoms with E-state index in [1.165, 1.54) is 4.31 Å². The highest BCUT2D eigenvalue weighted by Gasteiger charge is 2.32. The predicted octanol–water partition coefficient (Wildman–Crippen LogP) is 2.80. The van der Waals surface area contributed by atoms with Gasteiger partial charge in [-0.3, -0.25) is 0 Å². The van der Waals surface area contributed by atoms with Gasteiger partial charge >= 0.3 is 0 Å². The van der Waals surface area contributed by atoms with E-state index in [1.54, 1.807) is 18.2 Å². The van der Waals surface area contributed by atoms with Crippen LogP contribution in [-0.2, 0) is 14.8 Å². The smallest absolute Gasteiger partial charge is 0.243 e. The van der Waals surface area contributed by atoms with Gasteiger partial charge in [0.1, 0.15) is 5.65 Å². The molecule has 26 heavy (non-hydrogen) atoms. The van der Waals surface area contributed by atoms with Crippen LogP contribution in [0.2, 0.25) is 0 Å². The van der Waals surface area contributed by atoms with Crippen LogP contribution in [0.3, 0.4) is 0 Å². The third-order valence-corrected chi connectivity index (χ3v) is 6.35. The van der Waals surface area contributed by atoms with E-state index < -0.39 is 10.0 Å². The summed E-state index contributed by atoms with van der Waals surface area (Å²) in [6.45, 7) is 4.52. The Labute approximate surface area is 153 Å². The van der Waals surface area contributed by atoms with E-state index in [-0.39, 0.29) is 17.1 Å². The molecule has 1 aromatic carbocycles. The van der Waals surface area contributed by atoms with Crippen molar-refractivity contribution in [1.29, 1.82) is 0 Å². The first-order chi connectivity index (χ1) is 12.4. The van der Waals surface area contributed by atoms with Crippen molar-refractivity contribution in [3.8, 4) is 11.3 Å². The maximum absolute atomic E-state index is 13.1. The monoisotopic (exact) mass is 371 g/mol. The second-order valence-electron chi connectivity index (χ2n) is 6.70. The number of nitrogens with zero attached hydrogens (tertiary/aromatic N) is 3. The molecule has 0 N–H and O–H groups in total. The van der Waals surface area contributed by atoms with E-state index in [0.29, 0.717) is 13.1 Å². The average Bonchev–Trinajstić information content (AvgIpc) is 3.05. The van der Waals surface area contributed by atoms with Crippen LogP contribution < -0.4 is 0 Å². The van der Waals surface area contributed by atoms with Gasteiger partial charge in [0.15, 0.2) is 0 Å². The van der Waals surface area contributed by atoms with Crippen molar-refractivity contribution in [1.82, 2.24) is 13.7 Å². The number of ether oxygens (including phenoxy) is 1. The maximum Gasteiger partial charge on any atom is 0.243 e. The molecule has 0 saturated carbocycles. The van der Waals surface area contributed by atoms with Gasteiger partial charge in [0.05, 0.1) is 22.8 Å². The zero-order chi connectivity index (χ0) is 18.3. The van der Waals surface area contributed by atoms with Gasteiger partial charge in [0.2, 0.25) is 10.0 Å². The second kappa shape index (κ2) is 6.50. The third-order valence-electron chi connectivity index (χ3n) is 4.52. The number of sulfonamides is 1. The molecule has 2 aromatic heterocycles. The molecule has 7 heteroatoms. The van der Waals surface area contributed by atoms with Crippen LogP contribution in [0.5, 0.6) is 0 Å². The second-order valence-corrected chi connectivity index (χ2v) is 8.64. The number of benzene rings is 1. The number of fused-ring (bicyclic) bond motifs is 1. The molecule has 4 rings (SSSR count). The summed E-state index contributed by atoms with van der Waals surface area (Å²) in [7, 11) is -3.57. The van der Waals surface area contributed by atoms with E-state index in [4.69, 9.17) is 4.74 Å². The molecule has 136 valence electrons. The normalized spacial score (nSPS) is 21.9. The highest BCUT2D eigenvalue weighted by Crippen LogP contribution is 2.26. The quantitative estimate of drug-likeness (QED) is 0.710. The fourth-order valence-electron chi connectivity index (χ4n) is 3.37. The van der Waals surface area contributed by atoms with Crippen LogP contribution in [-0.4, -0.2) is 47.4 Å². The molecular weight excluding hydrogens is 350 g/mol. The lowest BCUT2D eigenvalue weighted by atomic mass is 10.2. The highest BCUT2D eigenvalue weighted by atomic mass is 32.2. The lowest BCUT2D eigenvalue weighted by molar-refractivity contribution is -0.0440. The molecule has 1 saturated heterocycles. The first kappa shape index (κ1) is 17.2. The predicted molar refractivity (Wildman–Crippen MR) is 99.4 cm³/mol. The van der Waals surface area contributed by atoms with Crippen LogP contribution in [0.15, 0.2) is 59.8 Å². The molecular formula is C19H21N3O3S. The largest absolute Gasteiger partial charge is 0.373 e. The number of hydrogen-bond acceptors (Lipinski definition) is 4. The minimum Gasteiger partial charge on any atom is -0.373 e. The molecule has 0 bridgehead atoms. The number of pyridine rings is 1. The summed E-state index contributed by atoms with van der Waals surface area (Å²) in [5.41, 5.74) is 2.35. The molecule has 1 aliphatic heterocycles. The van der Waals surface area contributed by atoms with E-state index in [0.717, 1.165) is 16.9 Å². The Morgan fingerprint density at radius 1 is 1.08 bits per heavy atom. The van der Waals surface area contributed by atoms with Gasteiger partial charge in [0.25, 0.3) is 0 Å². The Kier molecular flexibility index (Phi) is 4.30. The van der Waals surface area contributed by atoms with Crippen LogP contribution >= 0.6 is 0 Å². The minimum atomic E-state index is -3.57. The summed E-state index contributed by atoms with van der Waals surface area (Å²) in [5.74, 6) is 0. The van der Waals surface area contributed by atoms with Crippen molar-refractivity contribution >= 4 is 15.7 Å². The Balaban J connectivity index is 1.70. The van der Waals surface area contributed by atoms with E-state index in [9.17, 15) is 8.42 Å². The summed E-state index contributed by atoms with van der Waals surface area (Å²) in [4.78, 5) is 4.86. The first-order valence-electron chi connectivity index (χ1n) is 8.63. The lowest BCUT2D eigenvalue weighted by Crippen LogP contribution is -2.48. The van der Waals surface area contributed by atoms with Gasteiger partial charge in [-0.05, 0) is 38.1 Å². The Bertz CT molecular complexity index is 1000. The van der Waals surface area contributed by atoms with Crippen molar-refractivity contribution in [2.24, 2.45) is 0 Å². The molecule has 3 heterocycles. The molecule has 6 nitrogen and oxygen atoms in total. The number of hydrogen-bond donors (Lipinski definition) is 0. The molecule has 1 fully saturated rings. The molecule has 0 spiro atoms. The summed E-state index contributed by atoms with van der Waals surface area (Å²) in [5, 5.41) is 0. The average molecular weight is 371 g/mol. The number of aromatic nitrogens is 2. The van der Waals surface area contributed by atoms with Crippen molar-refractivity contribution < 1.29 is 13.2 Å². The summed E-state index contributed by atoms with van der Waals surface area (Å²) < 4.78 is 35.2. The first-order valence-corrected chi connectivity index (χ1v) is 10.1. The Morgan fingerprint density at radius 3 is 2.58 bits per heavy atom. The zero-order valence-electron chi connectivity index (χ0n) is 14.7. The number of imidazole rings is 1. The van der Waals surface area contributed by atoms with Crippen molar-refractivity contribution in [2.45, 2.75) is 31.0 Å². The lowest BCUT2D eigenvalue weighted by Gasteiger charge is -2.34. The number of rotatable bonds is 3. The van der Waals surface area contributed by atoms with Crippen LogP contribution in [0, 0.1) is 0 Å². The van der Waals surface area contributed by atoms with Gasteiger partial charge in [-0.2, -0.15) is 4.31 Å². The van der Waals surface area contributed by atoms with E-state index >= 15 is 0 Å². The topological polar surface area (TPSA) is 63.9 Å². The molecule has 3 aromatic rings. The van der Waals surface area contributed by atoms with E-state index in [1.807, 2.05) is 54.9 Å². The SMILES string of the molecule is C[C@@H]1CN(S(=O)(=O)c2cccc(-c3cn4ccccc4n3)c2)C[C@H](C)O1. The molecule has 0 unspecified atom stereocenters. The van der Waals surface area contributed by atoms with Crippen molar-refractivity contribution in [3.05, 3.63) is 54.9 Å². The Morgan fingerprint density at radius 2 is 1.85 bits per heavy atom. The summed E-state index contributed by atoms with van der Waals surface area (Å²) >= 11 is 0. The van der Waals surface area contributed by atoms with Gasteiger partial charge in [-0.25, -0.2) is 13.4 Å². The third kappa shape index (κ3) is 3.13. The molecule has 2 atom stereocenters. The van der Waals surface area contributed by atoms with Crippen LogP contribution in [0.4, 0.5) is 0 Å². The van der Waals surface area contributed by atoms with Crippen molar-refractivity contribution in [2.75, 3.05) is 13.1 Å². The fraction of sp³-hybridized carbons (Fsp3) is 0.316. The van der Waals surface area contributed by atoms with Gasteiger partial charge < -0.3 is 9.14 Å². The van der Waals surface area contributed by atoms with E-state index in [2.05, 4.69) is 4.98 Å². The minimum absolute atomic E-state index is 0.116. The van der Waals surface area contributed by atoms with Crippen LogP contribution in [0.1, 0.15) is 13.8 Å². The molecule has 0 amide bonds. The van der Waals surface area contributed by atoms with Gasteiger partial charge in [0, 0.05) is 31.0 Å². The highest BCUT2D eigenvalue weighted by molar-refractivity contribution is 7.89. The Hall–Kier alpha value is -2.22. The fourth-order valence-corrected chi connectivity index (χ4v) is 5.00. The summed E-state index contributed by atoms with van der Waals surface area (Å²) in [6, 6.07) is 12.8. The molecule has 1 aliphatic rings. The van der Waals surface area contributed by atoms with Crippen molar-refractivity contribution in [3.63, 3.8) is 0 Å². The zero-order valence-corrected chi connectivity index (χ0v) is 15.6. The van der Waals surface area contributed by atoms with Crippen LogP contribution in [0.25, 0.3) is 16.9 Å². The van der Waals surface area contributed by atoms with Gasteiger partial charge in [-0.1, -0.05) is 18.2 Å².